The lowest BCUT2D eigenvalue weighted by Gasteiger charge is -2.34. The van der Waals surface area contributed by atoms with E-state index in [1.807, 2.05) is 24.3 Å². The van der Waals surface area contributed by atoms with Gasteiger partial charge in [-0.25, -0.2) is 0 Å². The van der Waals surface area contributed by atoms with Gasteiger partial charge in [-0.05, 0) is 36.6 Å². The van der Waals surface area contributed by atoms with E-state index in [-0.39, 0.29) is 6.10 Å². The van der Waals surface area contributed by atoms with Gasteiger partial charge < -0.3 is 15.6 Å². The van der Waals surface area contributed by atoms with Gasteiger partial charge in [-0.2, -0.15) is 0 Å². The Kier molecular flexibility index (Phi) is 5.19. The first-order valence-corrected chi connectivity index (χ1v) is 7.01. The van der Waals surface area contributed by atoms with Crippen molar-refractivity contribution in [1.29, 1.82) is 0 Å². The molecular weight excluding hydrogens is 240 g/mol. The van der Waals surface area contributed by atoms with Crippen LogP contribution in [-0.4, -0.2) is 42.4 Å². The first-order chi connectivity index (χ1) is 9.19. The highest BCUT2D eigenvalue weighted by Gasteiger charge is 2.23. The molecule has 2 atom stereocenters. The van der Waals surface area contributed by atoms with Crippen molar-refractivity contribution in [3.63, 3.8) is 0 Å². The normalized spacial score (nSPS) is 24.4. The molecule has 1 aliphatic rings. The molecule has 1 aromatic rings. The molecule has 3 N–H and O–H groups in total. The molecule has 4 heteroatoms. The summed E-state index contributed by atoms with van der Waals surface area (Å²) in [5.74, 6) is 1.30. The number of β-amino-alcohol motifs (C(OH)–C–C–N with tert-alkyl or cyclic N) is 1. The van der Waals surface area contributed by atoms with Crippen molar-refractivity contribution >= 4 is 0 Å². The molecule has 0 bridgehead atoms. The molecule has 0 amide bonds. The van der Waals surface area contributed by atoms with Gasteiger partial charge in [0.1, 0.15) is 12.4 Å². The minimum Gasteiger partial charge on any atom is -0.492 e. The third-order valence-electron chi connectivity index (χ3n) is 3.84. The third-order valence-corrected chi connectivity index (χ3v) is 3.84. The average Bonchev–Trinajstić information content (AvgIpc) is 2.43. The van der Waals surface area contributed by atoms with Gasteiger partial charge in [-0.1, -0.05) is 19.1 Å². The predicted octanol–water partition coefficient (Wildman–Crippen LogP) is 1.23. The van der Waals surface area contributed by atoms with E-state index in [9.17, 15) is 5.11 Å². The molecule has 2 rings (SSSR count). The maximum atomic E-state index is 9.83. The molecule has 1 heterocycles. The first-order valence-electron chi connectivity index (χ1n) is 7.01. The summed E-state index contributed by atoms with van der Waals surface area (Å²) >= 11 is 0. The summed E-state index contributed by atoms with van der Waals surface area (Å²) in [7, 11) is 0. The van der Waals surface area contributed by atoms with Gasteiger partial charge in [0.2, 0.25) is 0 Å². The van der Waals surface area contributed by atoms with Crippen molar-refractivity contribution < 1.29 is 9.84 Å². The highest BCUT2D eigenvalue weighted by molar-refractivity contribution is 5.27. The van der Waals surface area contributed by atoms with Gasteiger partial charge in [0, 0.05) is 19.6 Å². The highest BCUT2D eigenvalue weighted by Crippen LogP contribution is 2.17. The van der Waals surface area contributed by atoms with Gasteiger partial charge in [-0.15, -0.1) is 0 Å². The molecule has 1 aliphatic heterocycles. The van der Waals surface area contributed by atoms with Gasteiger partial charge >= 0.3 is 0 Å². The average molecular weight is 264 g/mol. The van der Waals surface area contributed by atoms with E-state index in [0.29, 0.717) is 19.1 Å². The topological polar surface area (TPSA) is 58.7 Å². The van der Waals surface area contributed by atoms with E-state index in [1.54, 1.807) is 0 Å². The zero-order chi connectivity index (χ0) is 13.7. The van der Waals surface area contributed by atoms with E-state index < -0.39 is 0 Å². The summed E-state index contributed by atoms with van der Waals surface area (Å²) in [6.07, 6.45) is 0.865. The van der Waals surface area contributed by atoms with Crippen molar-refractivity contribution in [2.75, 3.05) is 26.2 Å². The Hall–Kier alpha value is -1.10. The van der Waals surface area contributed by atoms with Crippen LogP contribution in [0.1, 0.15) is 18.9 Å². The fourth-order valence-electron chi connectivity index (χ4n) is 2.33. The van der Waals surface area contributed by atoms with Crippen LogP contribution in [0.15, 0.2) is 24.3 Å². The molecule has 2 unspecified atom stereocenters. The molecule has 19 heavy (non-hydrogen) atoms. The SMILES string of the molecule is CC1CCN(CCOc2ccc(CN)cc2)CC1O. The standard InChI is InChI=1S/C15H24N2O2/c1-12-6-7-17(11-15(12)18)8-9-19-14-4-2-13(10-16)3-5-14/h2-5,12,15,18H,6-11,16H2,1H3. The minimum atomic E-state index is -0.197. The largest absolute Gasteiger partial charge is 0.492 e. The van der Waals surface area contributed by atoms with Gasteiger partial charge in [0.25, 0.3) is 0 Å². The zero-order valence-electron chi connectivity index (χ0n) is 11.6. The van der Waals surface area contributed by atoms with E-state index in [0.717, 1.165) is 37.4 Å². The van der Waals surface area contributed by atoms with Crippen LogP contribution in [0.3, 0.4) is 0 Å². The Morgan fingerprint density at radius 2 is 2.11 bits per heavy atom. The number of hydrogen-bond donors (Lipinski definition) is 2. The number of nitrogens with zero attached hydrogens (tertiary/aromatic N) is 1. The van der Waals surface area contributed by atoms with Crippen LogP contribution in [0.5, 0.6) is 5.75 Å². The quantitative estimate of drug-likeness (QED) is 0.840. The molecule has 0 saturated carbocycles. The second-order valence-corrected chi connectivity index (χ2v) is 5.33. The Bertz CT molecular complexity index is 380. The monoisotopic (exact) mass is 264 g/mol. The fraction of sp³-hybridized carbons (Fsp3) is 0.600. The zero-order valence-corrected chi connectivity index (χ0v) is 11.6. The molecule has 1 aromatic carbocycles. The molecule has 1 fully saturated rings. The van der Waals surface area contributed by atoms with E-state index in [4.69, 9.17) is 10.5 Å². The van der Waals surface area contributed by atoms with Crippen LogP contribution in [0.25, 0.3) is 0 Å². The highest BCUT2D eigenvalue weighted by atomic mass is 16.5. The third kappa shape index (κ3) is 4.20. The van der Waals surface area contributed by atoms with Gasteiger partial charge in [0.05, 0.1) is 6.10 Å². The lowest BCUT2D eigenvalue weighted by molar-refractivity contribution is 0.0244. The summed E-state index contributed by atoms with van der Waals surface area (Å²) in [5.41, 5.74) is 6.66. The number of aliphatic hydroxyl groups is 1. The summed E-state index contributed by atoms with van der Waals surface area (Å²) in [5, 5.41) is 9.83. The van der Waals surface area contributed by atoms with E-state index >= 15 is 0 Å². The van der Waals surface area contributed by atoms with E-state index in [2.05, 4.69) is 11.8 Å². The van der Waals surface area contributed by atoms with E-state index in [1.165, 1.54) is 0 Å². The number of nitrogens with two attached hydrogens (primary N) is 1. The number of likely N-dealkylation sites (tertiary alicyclic amines) is 1. The molecule has 0 aromatic heterocycles. The van der Waals surface area contributed by atoms with Crippen molar-refractivity contribution in [3.05, 3.63) is 29.8 Å². The number of benzene rings is 1. The molecule has 4 nitrogen and oxygen atoms in total. The lowest BCUT2D eigenvalue weighted by Crippen LogP contribution is -2.44. The van der Waals surface area contributed by atoms with Crippen LogP contribution in [-0.2, 0) is 6.54 Å². The summed E-state index contributed by atoms with van der Waals surface area (Å²) < 4.78 is 5.71. The molecular formula is C15H24N2O2. The minimum absolute atomic E-state index is 0.197. The summed E-state index contributed by atoms with van der Waals surface area (Å²) in [6.45, 7) is 6.00. The fourth-order valence-corrected chi connectivity index (χ4v) is 2.33. The number of aliphatic hydroxyl groups excluding tert-OH is 1. The van der Waals surface area contributed by atoms with Crippen molar-refractivity contribution in [2.45, 2.75) is 26.0 Å². The Morgan fingerprint density at radius 1 is 1.37 bits per heavy atom. The van der Waals surface area contributed by atoms with Crippen LogP contribution in [0.2, 0.25) is 0 Å². The van der Waals surface area contributed by atoms with Gasteiger partial charge in [0.15, 0.2) is 0 Å². The van der Waals surface area contributed by atoms with Crippen molar-refractivity contribution in [3.8, 4) is 5.75 Å². The lowest BCUT2D eigenvalue weighted by atomic mass is 9.96. The Balaban J connectivity index is 1.71. The number of piperidine rings is 1. The molecule has 0 radical (unpaired) electrons. The molecule has 106 valence electrons. The Morgan fingerprint density at radius 3 is 2.74 bits per heavy atom. The van der Waals surface area contributed by atoms with Crippen molar-refractivity contribution in [1.82, 2.24) is 4.90 Å². The van der Waals surface area contributed by atoms with Crippen LogP contribution in [0, 0.1) is 5.92 Å². The van der Waals surface area contributed by atoms with Gasteiger partial charge in [-0.3, -0.25) is 4.90 Å². The maximum absolute atomic E-state index is 9.83. The second kappa shape index (κ2) is 6.89. The predicted molar refractivity (Wildman–Crippen MR) is 76.1 cm³/mol. The van der Waals surface area contributed by atoms with Crippen molar-refractivity contribution in [2.24, 2.45) is 11.7 Å². The maximum Gasteiger partial charge on any atom is 0.119 e. The molecule has 0 aliphatic carbocycles. The summed E-state index contributed by atoms with van der Waals surface area (Å²) in [6, 6.07) is 7.88. The van der Waals surface area contributed by atoms with Crippen LogP contribution >= 0.6 is 0 Å². The van der Waals surface area contributed by atoms with Crippen LogP contribution < -0.4 is 10.5 Å². The number of ether oxygens (including phenoxy) is 1. The Labute approximate surface area is 115 Å². The number of hydrogen-bond acceptors (Lipinski definition) is 4. The second-order valence-electron chi connectivity index (χ2n) is 5.33. The van der Waals surface area contributed by atoms with Crippen LogP contribution in [0.4, 0.5) is 0 Å². The molecule has 0 spiro atoms. The smallest absolute Gasteiger partial charge is 0.119 e. The summed E-state index contributed by atoms with van der Waals surface area (Å²) in [4.78, 5) is 2.26. The first kappa shape index (κ1) is 14.3. The number of rotatable bonds is 5. The molecule has 1 saturated heterocycles.